The van der Waals surface area contributed by atoms with Crippen LogP contribution in [0.1, 0.15) is 5.69 Å². The molecule has 23 heavy (non-hydrogen) atoms. The zero-order valence-electron chi connectivity index (χ0n) is 11.6. The van der Waals surface area contributed by atoms with Crippen molar-refractivity contribution in [2.24, 2.45) is 0 Å². The quantitative estimate of drug-likeness (QED) is 0.725. The number of nitrogens with two attached hydrogens (primary N) is 1. The van der Waals surface area contributed by atoms with Crippen LogP contribution in [0.2, 0.25) is 5.02 Å². The largest absolute Gasteiger partial charge is 0.495 e. The first-order chi connectivity index (χ1) is 10.8. The Morgan fingerprint density at radius 2 is 1.96 bits per heavy atom. The van der Waals surface area contributed by atoms with Gasteiger partial charge in [-0.2, -0.15) is 13.2 Å². The van der Waals surface area contributed by atoms with E-state index in [-0.39, 0.29) is 10.7 Å². The maximum atomic E-state index is 12.7. The first kappa shape index (κ1) is 15.8. The zero-order chi connectivity index (χ0) is 16.8. The molecule has 0 saturated heterocycles. The van der Waals surface area contributed by atoms with Crippen molar-refractivity contribution in [3.05, 3.63) is 34.3 Å². The van der Waals surface area contributed by atoms with E-state index in [0.717, 1.165) is 16.7 Å². The standard InChI is InChI=1S/C14H9ClF3N3OS/c1-22-11-2-6-8(19)4-10(20-9(6)3-7(11)15)13-21-12(5-23-13)14(16,17)18/h2-5H,1H3,(H2,19,20). The van der Waals surface area contributed by atoms with Crippen molar-refractivity contribution in [2.75, 3.05) is 12.8 Å². The van der Waals surface area contributed by atoms with Gasteiger partial charge in [0, 0.05) is 16.5 Å². The number of hydrogen-bond acceptors (Lipinski definition) is 5. The van der Waals surface area contributed by atoms with E-state index in [2.05, 4.69) is 9.97 Å². The molecule has 120 valence electrons. The van der Waals surface area contributed by atoms with Crippen LogP contribution < -0.4 is 10.5 Å². The van der Waals surface area contributed by atoms with Crippen molar-refractivity contribution in [1.29, 1.82) is 0 Å². The fourth-order valence-corrected chi connectivity index (χ4v) is 3.06. The summed E-state index contributed by atoms with van der Waals surface area (Å²) < 4.78 is 43.1. The van der Waals surface area contributed by atoms with Crippen LogP contribution in [0.25, 0.3) is 21.6 Å². The van der Waals surface area contributed by atoms with Crippen LogP contribution in [0, 0.1) is 0 Å². The average Bonchev–Trinajstić information content (AvgIpc) is 2.96. The van der Waals surface area contributed by atoms with Crippen LogP contribution in [-0.4, -0.2) is 17.1 Å². The normalized spacial score (nSPS) is 11.9. The number of anilines is 1. The molecule has 9 heteroatoms. The SMILES string of the molecule is COc1cc2c(N)cc(-c3nc(C(F)(F)F)cs3)nc2cc1Cl. The van der Waals surface area contributed by atoms with E-state index in [4.69, 9.17) is 22.1 Å². The van der Waals surface area contributed by atoms with E-state index in [1.165, 1.54) is 13.2 Å². The molecule has 3 aromatic rings. The maximum Gasteiger partial charge on any atom is 0.434 e. The predicted molar refractivity (Wildman–Crippen MR) is 83.8 cm³/mol. The Morgan fingerprint density at radius 1 is 1.22 bits per heavy atom. The number of fused-ring (bicyclic) bond motifs is 1. The maximum absolute atomic E-state index is 12.7. The molecule has 2 aromatic heterocycles. The van der Waals surface area contributed by atoms with Crippen molar-refractivity contribution in [1.82, 2.24) is 9.97 Å². The minimum atomic E-state index is -4.49. The zero-order valence-corrected chi connectivity index (χ0v) is 13.2. The lowest BCUT2D eigenvalue weighted by molar-refractivity contribution is -0.140. The highest BCUT2D eigenvalue weighted by atomic mass is 35.5. The van der Waals surface area contributed by atoms with Crippen molar-refractivity contribution in [3.63, 3.8) is 0 Å². The number of benzene rings is 1. The molecule has 0 unspecified atom stereocenters. The van der Waals surface area contributed by atoms with Crippen molar-refractivity contribution >= 4 is 39.5 Å². The number of rotatable bonds is 2. The second kappa shape index (κ2) is 5.54. The molecule has 0 aliphatic heterocycles. The number of pyridine rings is 1. The minimum absolute atomic E-state index is 0.137. The van der Waals surface area contributed by atoms with Crippen LogP contribution in [0.5, 0.6) is 5.75 Å². The Kier molecular flexibility index (Phi) is 3.81. The van der Waals surface area contributed by atoms with E-state index in [1.807, 2.05) is 0 Å². The van der Waals surface area contributed by atoms with Gasteiger partial charge < -0.3 is 10.5 Å². The molecule has 1 aromatic carbocycles. The van der Waals surface area contributed by atoms with Crippen LogP contribution in [0.4, 0.5) is 18.9 Å². The molecule has 0 bridgehead atoms. The highest BCUT2D eigenvalue weighted by Crippen LogP contribution is 2.36. The second-order valence-corrected chi connectivity index (χ2v) is 5.90. The Bertz CT molecular complexity index is 895. The topological polar surface area (TPSA) is 61.0 Å². The lowest BCUT2D eigenvalue weighted by Crippen LogP contribution is -2.05. The average molecular weight is 360 g/mol. The Balaban J connectivity index is 2.14. The van der Waals surface area contributed by atoms with Gasteiger partial charge in [0.05, 0.1) is 17.6 Å². The Morgan fingerprint density at radius 3 is 2.57 bits per heavy atom. The van der Waals surface area contributed by atoms with Gasteiger partial charge in [0.2, 0.25) is 0 Å². The van der Waals surface area contributed by atoms with Gasteiger partial charge in [0.15, 0.2) is 5.69 Å². The van der Waals surface area contributed by atoms with Crippen molar-refractivity contribution < 1.29 is 17.9 Å². The summed E-state index contributed by atoms with van der Waals surface area (Å²) in [5.41, 5.74) is 6.09. The smallest absolute Gasteiger partial charge is 0.434 e. The summed E-state index contributed by atoms with van der Waals surface area (Å²) in [6.45, 7) is 0. The molecule has 0 aliphatic carbocycles. The number of nitrogens with zero attached hydrogens (tertiary/aromatic N) is 2. The Labute approximate surface area is 137 Å². The third kappa shape index (κ3) is 2.91. The van der Waals surface area contributed by atoms with Gasteiger partial charge in [0.25, 0.3) is 0 Å². The van der Waals surface area contributed by atoms with Crippen molar-refractivity contribution in [3.8, 4) is 16.5 Å². The number of hydrogen-bond donors (Lipinski definition) is 1. The third-order valence-corrected chi connectivity index (χ3v) is 4.29. The van der Waals surface area contributed by atoms with E-state index < -0.39 is 11.9 Å². The highest BCUT2D eigenvalue weighted by molar-refractivity contribution is 7.13. The number of methoxy groups -OCH3 is 1. The molecular weight excluding hydrogens is 351 g/mol. The van der Waals surface area contributed by atoms with Gasteiger partial charge in [-0.25, -0.2) is 9.97 Å². The molecule has 0 atom stereocenters. The lowest BCUT2D eigenvalue weighted by atomic mass is 10.1. The van der Waals surface area contributed by atoms with Gasteiger partial charge in [-0.3, -0.25) is 0 Å². The van der Waals surface area contributed by atoms with E-state index >= 15 is 0 Å². The van der Waals surface area contributed by atoms with Crippen LogP contribution >= 0.6 is 22.9 Å². The van der Waals surface area contributed by atoms with E-state index in [0.29, 0.717) is 27.4 Å². The summed E-state index contributed by atoms with van der Waals surface area (Å²) in [4.78, 5) is 7.87. The van der Waals surface area contributed by atoms with Gasteiger partial charge in [-0.05, 0) is 18.2 Å². The molecule has 2 N–H and O–H groups in total. The number of halogens is 4. The summed E-state index contributed by atoms with van der Waals surface area (Å²) in [7, 11) is 1.47. The predicted octanol–water partition coefficient (Wildman–Crippen LogP) is 4.62. The molecule has 0 saturated carbocycles. The van der Waals surface area contributed by atoms with Gasteiger partial charge >= 0.3 is 6.18 Å². The molecule has 0 radical (unpaired) electrons. The highest BCUT2D eigenvalue weighted by Gasteiger charge is 2.34. The lowest BCUT2D eigenvalue weighted by Gasteiger charge is -2.08. The summed E-state index contributed by atoms with van der Waals surface area (Å²) >= 11 is 6.90. The van der Waals surface area contributed by atoms with Gasteiger partial charge in [-0.15, -0.1) is 11.3 Å². The molecular formula is C14H9ClF3N3OS. The number of alkyl halides is 3. The van der Waals surface area contributed by atoms with Crippen molar-refractivity contribution in [2.45, 2.75) is 6.18 Å². The minimum Gasteiger partial charge on any atom is -0.495 e. The van der Waals surface area contributed by atoms with Crippen LogP contribution in [0.3, 0.4) is 0 Å². The molecule has 4 nitrogen and oxygen atoms in total. The second-order valence-electron chi connectivity index (χ2n) is 4.64. The molecule has 2 heterocycles. The molecule has 0 amide bonds. The molecule has 0 spiro atoms. The summed E-state index contributed by atoms with van der Waals surface area (Å²) in [5.74, 6) is 0.439. The number of ether oxygens (including phenoxy) is 1. The number of thiazole rings is 1. The molecule has 3 rings (SSSR count). The van der Waals surface area contributed by atoms with E-state index in [9.17, 15) is 13.2 Å². The first-order valence-electron chi connectivity index (χ1n) is 6.26. The van der Waals surface area contributed by atoms with E-state index in [1.54, 1.807) is 12.1 Å². The molecule has 0 fully saturated rings. The Hall–Kier alpha value is -2.06. The van der Waals surface area contributed by atoms with Crippen LogP contribution in [0.15, 0.2) is 23.6 Å². The number of nitrogen functional groups attached to an aromatic ring is 1. The molecule has 0 aliphatic rings. The monoisotopic (exact) mass is 359 g/mol. The summed E-state index contributed by atoms with van der Waals surface area (Å²) in [5, 5.41) is 2.01. The fraction of sp³-hybridized carbons (Fsp3) is 0.143. The summed E-state index contributed by atoms with van der Waals surface area (Å²) in [6.07, 6.45) is -4.49. The van der Waals surface area contributed by atoms with Gasteiger partial charge in [-0.1, -0.05) is 11.6 Å². The van der Waals surface area contributed by atoms with Gasteiger partial charge in [0.1, 0.15) is 16.5 Å². The number of aromatic nitrogens is 2. The fourth-order valence-electron chi connectivity index (χ4n) is 2.04. The summed E-state index contributed by atoms with van der Waals surface area (Å²) in [6, 6.07) is 4.66. The van der Waals surface area contributed by atoms with Crippen LogP contribution in [-0.2, 0) is 6.18 Å². The third-order valence-electron chi connectivity index (χ3n) is 3.13. The first-order valence-corrected chi connectivity index (χ1v) is 7.52.